The molecule has 30 atom stereocenters. The van der Waals surface area contributed by atoms with Gasteiger partial charge in [-0.2, -0.15) is 0 Å². The van der Waals surface area contributed by atoms with Crippen LogP contribution in [-0.4, -0.2) is 375 Å². The summed E-state index contributed by atoms with van der Waals surface area (Å²) < 4.78 is 184. The third kappa shape index (κ3) is 19.6. The number of amides is 2. The minimum Gasteiger partial charge on any atom is -0.382 e. The van der Waals surface area contributed by atoms with Gasteiger partial charge >= 0.3 is 0 Å². The summed E-state index contributed by atoms with van der Waals surface area (Å²) in [4.78, 5) is 33.0. The second kappa shape index (κ2) is 41.7. The van der Waals surface area contributed by atoms with Crippen LogP contribution in [0.3, 0.4) is 0 Å². The minimum absolute atomic E-state index is 0.0235. The van der Waals surface area contributed by atoms with Gasteiger partial charge in [0.1, 0.15) is 140 Å². The fourth-order valence-electron chi connectivity index (χ4n) is 13.4. The molecule has 18 aliphatic heterocycles. The Bertz CT molecular complexity index is 2210. The Kier molecular flexibility index (Phi) is 35.5. The molecule has 18 rings (SSSR count). The third-order valence-corrected chi connectivity index (χ3v) is 20.3. The van der Waals surface area contributed by atoms with Crippen LogP contribution in [0.25, 0.3) is 0 Å². The van der Waals surface area contributed by atoms with Crippen LogP contribution in [-0.2, 0) is 152 Å². The lowest BCUT2D eigenvalue weighted by molar-refractivity contribution is -0.402. The highest BCUT2D eigenvalue weighted by molar-refractivity contribution is 8.76. The van der Waals surface area contributed by atoms with Crippen molar-refractivity contribution >= 4 is 33.4 Å². The van der Waals surface area contributed by atoms with Gasteiger partial charge in [0.15, 0.2) is 31.5 Å². The van der Waals surface area contributed by atoms with E-state index in [9.17, 15) is 9.59 Å². The van der Waals surface area contributed by atoms with E-state index < -0.39 is 190 Å². The van der Waals surface area contributed by atoms with Crippen molar-refractivity contribution in [1.82, 2.24) is 10.8 Å². The molecule has 0 aromatic heterocycles. The van der Waals surface area contributed by atoms with Crippen molar-refractivity contribution < 1.29 is 152 Å². The van der Waals surface area contributed by atoms with E-state index in [4.69, 9.17) is 142 Å². The molecule has 0 radical (unpaired) electrons. The van der Waals surface area contributed by atoms with E-state index >= 15 is 0 Å². The third-order valence-electron chi connectivity index (χ3n) is 17.8. The molecule has 0 unspecified atom stereocenters. The topological polar surface area (TPSA) is 335 Å². The molecule has 2 amide bonds. The van der Waals surface area contributed by atoms with E-state index in [-0.39, 0.29) is 58.4 Å². The van der Waals surface area contributed by atoms with Crippen LogP contribution in [0.4, 0.5) is 0 Å². The van der Waals surface area contributed by atoms with Crippen LogP contribution >= 0.6 is 21.6 Å². The van der Waals surface area contributed by atoms with Gasteiger partial charge in [0.05, 0.1) is 45.7 Å². The quantitative estimate of drug-likeness (QED) is 0.110. The van der Waals surface area contributed by atoms with Crippen molar-refractivity contribution in [3.8, 4) is 0 Å². The van der Waals surface area contributed by atoms with E-state index in [1.807, 2.05) is 0 Å². The molecule has 12 bridgehead atoms. The number of hydrogen-bond acceptors (Lipinski definition) is 34. The average Bonchev–Trinajstić information content (AvgIpc) is 0.774. The number of hydroxylamine groups is 1. The number of carbonyl (C=O) groups is 2. The van der Waals surface area contributed by atoms with Crippen LogP contribution in [0.2, 0.25) is 0 Å². The molecular formula is C60H106N2O32S2. The van der Waals surface area contributed by atoms with E-state index in [0.717, 1.165) is 0 Å². The zero-order chi connectivity index (χ0) is 69.6. The first kappa shape index (κ1) is 81.7. The first-order chi connectivity index (χ1) is 46.7. The van der Waals surface area contributed by atoms with Gasteiger partial charge in [0.25, 0.3) is 0 Å². The number of hydrogen-bond donors (Lipinski definition) is 2. The lowest BCUT2D eigenvalue weighted by atomic mass is 9.94. The normalized spacial score (nSPS) is 42.9. The Hall–Kier alpha value is -1.56. The van der Waals surface area contributed by atoms with E-state index in [2.05, 4.69) is 10.8 Å². The van der Waals surface area contributed by atoms with Crippen LogP contribution in [0.15, 0.2) is 0 Å². The highest BCUT2D eigenvalue weighted by Crippen LogP contribution is 2.41. The Labute approximate surface area is 570 Å². The average molecular weight is 1430 g/mol. The Balaban J connectivity index is 1.23. The Morgan fingerprint density at radius 1 is 0.292 bits per heavy atom. The number of carbonyl (C=O) groups excluding carboxylic acids is 2. The van der Waals surface area contributed by atoms with Gasteiger partial charge in [0, 0.05) is 152 Å². The number of fused-ring (bicyclic) bond motifs is 2. The lowest BCUT2D eigenvalue weighted by Gasteiger charge is -2.52. The highest BCUT2D eigenvalue weighted by atomic mass is 33.1. The lowest BCUT2D eigenvalue weighted by Crippen LogP contribution is -2.69. The molecule has 96 heavy (non-hydrogen) atoms. The summed E-state index contributed by atoms with van der Waals surface area (Å²) in [6.45, 7) is -0.156. The molecule has 2 N–H and O–H groups in total. The summed E-state index contributed by atoms with van der Waals surface area (Å²) in [5.41, 5.74) is 2.50. The molecule has 0 aromatic rings. The second-order valence-corrected chi connectivity index (χ2v) is 26.0. The summed E-state index contributed by atoms with van der Waals surface area (Å²) in [5, 5.41) is 3.09. The molecule has 36 heteroatoms. The maximum Gasteiger partial charge on any atom is 0.244 e. The van der Waals surface area contributed by atoms with E-state index in [0.29, 0.717) is 11.5 Å². The van der Waals surface area contributed by atoms with Crippen molar-refractivity contribution in [2.75, 3.05) is 179 Å². The first-order valence-electron chi connectivity index (χ1n) is 31.6. The molecule has 18 fully saturated rings. The molecule has 18 aliphatic rings. The number of nitrogens with one attached hydrogen (secondary N) is 2. The monoisotopic (exact) mass is 1430 g/mol. The van der Waals surface area contributed by atoms with Gasteiger partial charge in [0.2, 0.25) is 18.1 Å². The smallest absolute Gasteiger partial charge is 0.244 e. The van der Waals surface area contributed by atoms with Crippen molar-refractivity contribution in [3.05, 3.63) is 0 Å². The van der Waals surface area contributed by atoms with Gasteiger partial charge in [-0.3, -0.25) is 9.59 Å². The second-order valence-electron chi connectivity index (χ2n) is 23.3. The molecule has 0 aromatic carbocycles. The predicted octanol–water partition coefficient (Wildman–Crippen LogP) is -0.972. The van der Waals surface area contributed by atoms with Crippen molar-refractivity contribution in [1.29, 1.82) is 0 Å². The molecule has 18 saturated heterocycles. The van der Waals surface area contributed by atoms with E-state index in [1.165, 1.54) is 150 Å². The fraction of sp³-hybridized carbons (Fsp3) is 0.967. The van der Waals surface area contributed by atoms with Gasteiger partial charge in [-0.25, -0.2) is 10.3 Å². The predicted molar refractivity (Wildman–Crippen MR) is 332 cm³/mol. The summed E-state index contributed by atoms with van der Waals surface area (Å²) in [7, 11) is 29.7. The first-order valence-corrected chi connectivity index (χ1v) is 34.1. The molecule has 0 saturated carbocycles. The van der Waals surface area contributed by atoms with Crippen LogP contribution in [0.5, 0.6) is 0 Å². The van der Waals surface area contributed by atoms with Gasteiger partial charge < -0.3 is 143 Å². The van der Waals surface area contributed by atoms with Crippen LogP contribution in [0, 0.1) is 0 Å². The maximum atomic E-state index is 13.8. The van der Waals surface area contributed by atoms with Gasteiger partial charge in [-0.15, -0.1) is 0 Å². The molecule has 0 spiro atoms. The molecule has 560 valence electrons. The zero-order valence-electron chi connectivity index (χ0n) is 58.3. The van der Waals surface area contributed by atoms with E-state index in [1.54, 1.807) is 0 Å². The van der Waals surface area contributed by atoms with Crippen LogP contribution in [0.1, 0.15) is 12.8 Å². The highest BCUT2D eigenvalue weighted by Gasteiger charge is 2.60. The summed E-state index contributed by atoms with van der Waals surface area (Å²) in [6.07, 6.45) is -29.0. The SMILES string of the molecule is COC[C@H]1O[C@@H]2O[C@H]3[C@H](OC)[C@@H](OC)[C@@H](O[C@H]4[C@H](OC)[C@@H](OC)[C@@H](O[C@H]5[C@H](OC)[C@@H](OC)[C@@H](O[C@H]6[C@H](OC)[C@@H](OC)[C@@H](O[C@H]7[C@H](OC)[C@@H](OC)[C@@H](ONC(=O)CCSSCCC(=O)N[C@H]1[C@H](OC)[C@H]2OC)O[C@@H]7COC)O[C@@H]6COC)O[C@@H]5COC)O[C@@H]4COC)O[C@@H]3COC. The minimum atomic E-state index is -1.23. The standard InChI is InChI=1S/C60H106N2O32S2/c1-65-23-29-37-43(71-7)49(77-13)55(83-29)89-38-30(24-66-2)84-56(50(78-14)44(38)72-8)90-39-31(25-67-3)85-57(51(79-15)45(39)73-9)91-40-32(26-68-4)86-58(52(80-16)46(40)74-10)92-41-33(27-69-5)87-59(53(81-17)47(41)75-11)93-42-34(28-70-6)88-60(54(82-18)48(42)76-12)94-62-36(64)20-22-96-95-21-19-35(63)61-37/h29-34,37-60H,19-28H2,1-18H3,(H,61,63)(H,62,64)/t29-,30-,31-,32-,33-,34-,37-,38-,39-,40-,41-,42-,43+,44+,45+,46+,47+,48+,49-,50-,51-,52-,53-,54-,55-,56-,57-,58-,59-,60-/m1/s1. The molecular weight excluding hydrogens is 1320 g/mol. The Morgan fingerprint density at radius 2 is 0.521 bits per heavy atom. The summed E-state index contributed by atoms with van der Waals surface area (Å²) in [6, 6.07) is -0.771. The summed E-state index contributed by atoms with van der Waals surface area (Å²) >= 11 is 0. The zero-order valence-corrected chi connectivity index (χ0v) is 59.9. The van der Waals surface area contributed by atoms with Crippen LogP contribution < -0.4 is 10.8 Å². The Morgan fingerprint density at radius 3 is 0.792 bits per heavy atom. The number of ether oxygens (including phenoxy) is 29. The maximum absolute atomic E-state index is 13.8. The fourth-order valence-corrected chi connectivity index (χ4v) is 15.4. The number of methoxy groups -OCH3 is 18. The molecule has 0 aliphatic carbocycles. The molecule has 18 heterocycles. The van der Waals surface area contributed by atoms with Gasteiger partial charge in [-0.1, -0.05) is 21.6 Å². The van der Waals surface area contributed by atoms with Gasteiger partial charge in [-0.05, 0) is 0 Å². The molecule has 34 nitrogen and oxygen atoms in total. The van der Waals surface area contributed by atoms with Crippen molar-refractivity contribution in [2.24, 2.45) is 0 Å². The summed E-state index contributed by atoms with van der Waals surface area (Å²) in [5.74, 6) is 0.0139. The largest absolute Gasteiger partial charge is 0.382 e. The van der Waals surface area contributed by atoms with Crippen molar-refractivity contribution in [3.63, 3.8) is 0 Å². The van der Waals surface area contributed by atoms with Crippen molar-refractivity contribution in [2.45, 2.75) is 197 Å². The number of rotatable bonds is 24.